The number of aromatic nitrogens is 2. The Labute approximate surface area is 74.0 Å². The Bertz CT molecular complexity index is 309. The first-order chi connectivity index (χ1) is 6.11. The number of carboxylic acids is 1. The third-order valence-corrected chi connectivity index (χ3v) is 1.81. The molecule has 0 fully saturated rings. The van der Waals surface area contributed by atoms with Gasteiger partial charge in [0.25, 0.3) is 0 Å². The first-order valence-corrected chi connectivity index (χ1v) is 3.56. The lowest BCUT2D eigenvalue weighted by Gasteiger charge is -2.21. The number of hydrogen-bond acceptors (Lipinski definition) is 3. The number of nitrogens with zero attached hydrogens (tertiary/aromatic N) is 1. The van der Waals surface area contributed by atoms with Crippen molar-refractivity contribution in [2.75, 3.05) is 0 Å². The Kier molecular flexibility index (Phi) is 2.32. The monoisotopic (exact) mass is 183 g/mol. The number of aliphatic carboxylic acids is 1. The number of amides is 1. The molecule has 0 aliphatic carbocycles. The highest BCUT2D eigenvalue weighted by Gasteiger charge is 2.35. The Hall–Kier alpha value is -1.85. The van der Waals surface area contributed by atoms with Gasteiger partial charge in [-0.25, -0.2) is 4.79 Å². The van der Waals surface area contributed by atoms with Gasteiger partial charge in [0, 0.05) is 6.20 Å². The molecule has 1 heterocycles. The molecule has 1 rings (SSSR count). The Morgan fingerprint density at radius 2 is 2.54 bits per heavy atom. The van der Waals surface area contributed by atoms with Crippen molar-refractivity contribution in [3.8, 4) is 0 Å². The van der Waals surface area contributed by atoms with E-state index >= 15 is 0 Å². The van der Waals surface area contributed by atoms with Crippen LogP contribution in [0.3, 0.4) is 0 Å². The molecule has 1 aromatic heterocycles. The van der Waals surface area contributed by atoms with Gasteiger partial charge in [0.15, 0.2) is 5.54 Å². The van der Waals surface area contributed by atoms with Crippen LogP contribution in [0.15, 0.2) is 12.3 Å². The van der Waals surface area contributed by atoms with Gasteiger partial charge in [0.05, 0.1) is 5.69 Å². The van der Waals surface area contributed by atoms with E-state index in [4.69, 9.17) is 5.11 Å². The molecular formula is C7H9N3O3. The molecule has 13 heavy (non-hydrogen) atoms. The molecule has 0 radical (unpaired) electrons. The van der Waals surface area contributed by atoms with Gasteiger partial charge in [0.1, 0.15) is 0 Å². The van der Waals surface area contributed by atoms with Gasteiger partial charge in [-0.15, -0.1) is 0 Å². The molecule has 6 nitrogen and oxygen atoms in total. The maximum atomic E-state index is 10.8. The smallest absolute Gasteiger partial charge is 0.335 e. The van der Waals surface area contributed by atoms with Crippen molar-refractivity contribution >= 4 is 12.4 Å². The number of carbonyl (C=O) groups is 2. The van der Waals surface area contributed by atoms with Crippen LogP contribution in [0.1, 0.15) is 12.6 Å². The molecule has 1 aromatic rings. The fourth-order valence-electron chi connectivity index (χ4n) is 0.907. The predicted molar refractivity (Wildman–Crippen MR) is 42.8 cm³/mol. The van der Waals surface area contributed by atoms with Crippen LogP contribution >= 0.6 is 0 Å². The lowest BCUT2D eigenvalue weighted by Crippen LogP contribution is -2.46. The standard InChI is InChI=1S/C7H9N3O3/c1-7(6(12)13,8-4-11)5-2-3-9-10-5/h2-4H,1H3,(H,8,11)(H,9,10)(H,12,13). The minimum atomic E-state index is -1.45. The van der Waals surface area contributed by atoms with Crippen LogP contribution in [-0.4, -0.2) is 27.7 Å². The first kappa shape index (κ1) is 9.24. The van der Waals surface area contributed by atoms with E-state index in [2.05, 4.69) is 15.5 Å². The third kappa shape index (κ3) is 1.51. The van der Waals surface area contributed by atoms with Crippen LogP contribution in [0.25, 0.3) is 0 Å². The number of nitrogens with one attached hydrogen (secondary N) is 2. The molecule has 0 spiro atoms. The summed E-state index contributed by atoms with van der Waals surface area (Å²) in [5.74, 6) is -1.15. The zero-order chi connectivity index (χ0) is 9.90. The van der Waals surface area contributed by atoms with Gasteiger partial charge in [-0.1, -0.05) is 0 Å². The van der Waals surface area contributed by atoms with Crippen molar-refractivity contribution < 1.29 is 14.7 Å². The fraction of sp³-hybridized carbons (Fsp3) is 0.286. The van der Waals surface area contributed by atoms with Gasteiger partial charge in [-0.2, -0.15) is 5.10 Å². The van der Waals surface area contributed by atoms with Crippen LogP contribution in [0.2, 0.25) is 0 Å². The summed E-state index contributed by atoms with van der Waals surface area (Å²) in [6, 6.07) is 1.49. The number of hydrogen-bond donors (Lipinski definition) is 3. The molecule has 0 aliphatic heterocycles. The maximum Gasteiger partial charge on any atom is 0.335 e. The van der Waals surface area contributed by atoms with Crippen LogP contribution < -0.4 is 5.32 Å². The largest absolute Gasteiger partial charge is 0.479 e. The summed E-state index contributed by atoms with van der Waals surface area (Å²) in [7, 11) is 0. The topological polar surface area (TPSA) is 95.1 Å². The molecule has 0 saturated heterocycles. The Balaban J connectivity index is 3.05. The lowest BCUT2D eigenvalue weighted by atomic mass is 9.99. The summed E-state index contributed by atoms with van der Waals surface area (Å²) in [6.45, 7) is 1.37. The molecule has 1 atom stereocenters. The Morgan fingerprint density at radius 1 is 1.85 bits per heavy atom. The molecule has 70 valence electrons. The van der Waals surface area contributed by atoms with Gasteiger partial charge >= 0.3 is 5.97 Å². The molecule has 0 aliphatic rings. The van der Waals surface area contributed by atoms with Gasteiger partial charge < -0.3 is 10.4 Å². The summed E-state index contributed by atoms with van der Waals surface area (Å²) >= 11 is 0. The summed E-state index contributed by atoms with van der Waals surface area (Å²) in [5.41, 5.74) is -1.12. The van der Waals surface area contributed by atoms with E-state index < -0.39 is 11.5 Å². The Morgan fingerprint density at radius 3 is 2.92 bits per heavy atom. The molecule has 1 amide bonds. The molecular weight excluding hydrogens is 174 g/mol. The van der Waals surface area contributed by atoms with Crippen LogP contribution in [-0.2, 0) is 15.1 Å². The van der Waals surface area contributed by atoms with Gasteiger partial charge in [-0.3, -0.25) is 9.89 Å². The van der Waals surface area contributed by atoms with Crippen molar-refractivity contribution in [1.82, 2.24) is 15.5 Å². The summed E-state index contributed by atoms with van der Waals surface area (Å²) in [4.78, 5) is 21.1. The van der Waals surface area contributed by atoms with E-state index in [-0.39, 0.29) is 0 Å². The fourth-order valence-corrected chi connectivity index (χ4v) is 0.907. The second-order valence-electron chi connectivity index (χ2n) is 2.66. The zero-order valence-electron chi connectivity index (χ0n) is 6.94. The number of aromatic amines is 1. The highest BCUT2D eigenvalue weighted by molar-refractivity contribution is 5.82. The minimum absolute atomic E-state index is 0.326. The van der Waals surface area contributed by atoms with Crippen molar-refractivity contribution in [3.05, 3.63) is 18.0 Å². The van der Waals surface area contributed by atoms with Crippen molar-refractivity contribution in [1.29, 1.82) is 0 Å². The highest BCUT2D eigenvalue weighted by Crippen LogP contribution is 2.17. The predicted octanol–water partition coefficient (Wildman–Crippen LogP) is -0.545. The normalized spacial score (nSPS) is 14.5. The van der Waals surface area contributed by atoms with Crippen LogP contribution in [0, 0.1) is 0 Å². The number of rotatable bonds is 4. The van der Waals surface area contributed by atoms with Gasteiger partial charge in [0.2, 0.25) is 6.41 Å². The number of carboxylic acid groups (broad SMARTS) is 1. The van der Waals surface area contributed by atoms with E-state index in [1.54, 1.807) is 0 Å². The molecule has 6 heteroatoms. The van der Waals surface area contributed by atoms with E-state index in [0.29, 0.717) is 12.1 Å². The van der Waals surface area contributed by atoms with E-state index in [0.717, 1.165) is 0 Å². The molecule has 0 bridgehead atoms. The van der Waals surface area contributed by atoms with Crippen molar-refractivity contribution in [3.63, 3.8) is 0 Å². The third-order valence-electron chi connectivity index (χ3n) is 1.81. The number of carbonyl (C=O) groups excluding carboxylic acids is 1. The van der Waals surface area contributed by atoms with E-state index in [9.17, 15) is 9.59 Å². The highest BCUT2D eigenvalue weighted by atomic mass is 16.4. The SMILES string of the molecule is CC(NC=O)(C(=O)O)c1ccn[nH]1. The quantitative estimate of drug-likeness (QED) is 0.546. The lowest BCUT2D eigenvalue weighted by molar-refractivity contribution is -0.146. The summed E-state index contributed by atoms with van der Waals surface area (Å²) in [6.07, 6.45) is 1.76. The zero-order valence-corrected chi connectivity index (χ0v) is 6.94. The van der Waals surface area contributed by atoms with Gasteiger partial charge in [-0.05, 0) is 13.0 Å². The van der Waals surface area contributed by atoms with Crippen molar-refractivity contribution in [2.24, 2.45) is 0 Å². The second kappa shape index (κ2) is 3.26. The molecule has 3 N–H and O–H groups in total. The molecule has 0 aromatic carbocycles. The van der Waals surface area contributed by atoms with Crippen LogP contribution in [0.5, 0.6) is 0 Å². The van der Waals surface area contributed by atoms with Crippen LogP contribution in [0.4, 0.5) is 0 Å². The molecule has 0 saturated carbocycles. The first-order valence-electron chi connectivity index (χ1n) is 3.56. The summed E-state index contributed by atoms with van der Waals surface area (Å²) < 4.78 is 0. The maximum absolute atomic E-state index is 10.8. The number of H-pyrrole nitrogens is 1. The van der Waals surface area contributed by atoms with E-state index in [1.165, 1.54) is 19.2 Å². The molecule has 1 unspecified atom stereocenters. The average molecular weight is 183 g/mol. The second-order valence-corrected chi connectivity index (χ2v) is 2.66. The van der Waals surface area contributed by atoms with Crippen molar-refractivity contribution in [2.45, 2.75) is 12.5 Å². The average Bonchev–Trinajstić information content (AvgIpc) is 2.56. The van der Waals surface area contributed by atoms with E-state index in [1.807, 2.05) is 0 Å². The summed E-state index contributed by atoms with van der Waals surface area (Å²) in [5, 5.41) is 17.2. The minimum Gasteiger partial charge on any atom is -0.479 e.